The molecule has 0 radical (unpaired) electrons. The monoisotopic (exact) mass is 585 g/mol. The van der Waals surface area contributed by atoms with Gasteiger partial charge < -0.3 is 9.88 Å². The lowest BCUT2D eigenvalue weighted by Gasteiger charge is -2.13. The second-order valence-electron chi connectivity index (χ2n) is 9.27. The summed E-state index contributed by atoms with van der Waals surface area (Å²) in [7, 11) is 0. The van der Waals surface area contributed by atoms with Crippen LogP contribution in [0.25, 0.3) is 27.8 Å². The number of carbonyl (C=O) groups excluding carboxylic acids is 3. The maximum atomic E-state index is 13.2. The highest BCUT2D eigenvalue weighted by Gasteiger charge is 2.36. The van der Waals surface area contributed by atoms with Gasteiger partial charge in [-0.25, -0.2) is 0 Å². The number of rotatable bonds is 6. The maximum Gasteiger partial charge on any atom is 0.294 e. The van der Waals surface area contributed by atoms with Crippen molar-refractivity contribution in [3.63, 3.8) is 0 Å². The van der Waals surface area contributed by atoms with E-state index in [2.05, 4.69) is 5.32 Å². The highest BCUT2D eigenvalue weighted by atomic mass is 35.5. The number of halogens is 2. The molecule has 1 aliphatic rings. The molecule has 6 nitrogen and oxygen atoms in total. The van der Waals surface area contributed by atoms with E-state index >= 15 is 0 Å². The van der Waals surface area contributed by atoms with Gasteiger partial charge in [-0.05, 0) is 47.5 Å². The molecule has 1 aliphatic heterocycles. The molecule has 0 saturated carbocycles. The second-order valence-corrected chi connectivity index (χ2v) is 11.1. The Kier molecular flexibility index (Phi) is 7.11. The summed E-state index contributed by atoms with van der Waals surface area (Å²) in [4.78, 5) is 40.1. The summed E-state index contributed by atoms with van der Waals surface area (Å²) in [5, 5.41) is 6.24. The van der Waals surface area contributed by atoms with E-state index in [0.717, 1.165) is 49.5 Å². The van der Waals surface area contributed by atoms with Crippen molar-refractivity contribution >= 4 is 85.5 Å². The third-order valence-electron chi connectivity index (χ3n) is 6.74. The van der Waals surface area contributed by atoms with Crippen molar-refractivity contribution in [2.75, 3.05) is 11.9 Å². The van der Waals surface area contributed by atoms with Gasteiger partial charge in [-0.1, -0.05) is 83.9 Å². The maximum absolute atomic E-state index is 13.2. The zero-order valence-corrected chi connectivity index (χ0v) is 23.3. The van der Waals surface area contributed by atoms with Crippen LogP contribution in [-0.4, -0.2) is 33.1 Å². The fourth-order valence-electron chi connectivity index (χ4n) is 4.82. The normalized spacial score (nSPS) is 14.6. The second kappa shape index (κ2) is 10.8. The minimum absolute atomic E-state index is 0.252. The number of nitrogens with one attached hydrogen (secondary N) is 1. The molecule has 1 saturated heterocycles. The molecular formula is C31H21Cl2N3O3S. The molecule has 2 heterocycles. The van der Waals surface area contributed by atoms with Crippen molar-refractivity contribution in [3.8, 4) is 0 Å². The Labute approximate surface area is 244 Å². The number of para-hydroxylation sites is 1. The van der Waals surface area contributed by atoms with Crippen LogP contribution in [0.3, 0.4) is 0 Å². The summed E-state index contributed by atoms with van der Waals surface area (Å²) in [6, 6.07) is 26.4. The van der Waals surface area contributed by atoms with Gasteiger partial charge in [0.1, 0.15) is 6.54 Å². The fourth-order valence-corrected chi connectivity index (χ4v) is 6.17. The molecule has 0 unspecified atom stereocenters. The van der Waals surface area contributed by atoms with Gasteiger partial charge in [-0.3, -0.25) is 19.3 Å². The van der Waals surface area contributed by atoms with E-state index < -0.39 is 17.1 Å². The zero-order valence-electron chi connectivity index (χ0n) is 20.9. The number of hydrogen-bond acceptors (Lipinski definition) is 4. The first-order chi connectivity index (χ1) is 19.4. The molecule has 5 aromatic rings. The topological polar surface area (TPSA) is 71.4 Å². The van der Waals surface area contributed by atoms with Gasteiger partial charge >= 0.3 is 0 Å². The molecule has 1 aromatic heterocycles. The van der Waals surface area contributed by atoms with Crippen LogP contribution in [0.1, 0.15) is 11.1 Å². The van der Waals surface area contributed by atoms with Crippen molar-refractivity contribution in [1.82, 2.24) is 9.47 Å². The van der Waals surface area contributed by atoms with Crippen LogP contribution in [0.2, 0.25) is 10.0 Å². The lowest BCUT2D eigenvalue weighted by atomic mass is 10.1. The first kappa shape index (κ1) is 26.2. The average molecular weight is 587 g/mol. The largest absolute Gasteiger partial charge is 0.342 e. The van der Waals surface area contributed by atoms with Gasteiger partial charge in [0.2, 0.25) is 5.91 Å². The molecule has 0 atom stereocenters. The highest BCUT2D eigenvalue weighted by molar-refractivity contribution is 8.18. The number of imide groups is 1. The molecule has 0 spiro atoms. The molecule has 6 rings (SSSR count). The number of aromatic nitrogens is 1. The first-order valence-corrected chi connectivity index (χ1v) is 14.0. The zero-order chi connectivity index (χ0) is 27.8. The van der Waals surface area contributed by atoms with Crippen LogP contribution in [0.15, 0.2) is 96.0 Å². The minimum atomic E-state index is -0.506. The Balaban J connectivity index is 1.25. The lowest BCUT2D eigenvalue weighted by Crippen LogP contribution is -2.36. The van der Waals surface area contributed by atoms with Crippen LogP contribution in [-0.2, 0) is 16.1 Å². The number of benzene rings is 4. The van der Waals surface area contributed by atoms with Gasteiger partial charge in [0.15, 0.2) is 0 Å². The van der Waals surface area contributed by atoms with Crippen molar-refractivity contribution in [1.29, 1.82) is 0 Å². The van der Waals surface area contributed by atoms with Gasteiger partial charge in [-0.2, -0.15) is 0 Å². The number of amides is 3. The highest BCUT2D eigenvalue weighted by Crippen LogP contribution is 2.35. The van der Waals surface area contributed by atoms with Crippen molar-refractivity contribution in [2.45, 2.75) is 6.54 Å². The number of nitrogens with zero attached hydrogens (tertiary/aromatic N) is 2. The fraction of sp³-hybridized carbons (Fsp3) is 0.0645. The lowest BCUT2D eigenvalue weighted by molar-refractivity contribution is -0.127. The summed E-state index contributed by atoms with van der Waals surface area (Å²) in [6.07, 6.45) is 3.60. The first-order valence-electron chi connectivity index (χ1n) is 12.4. The Morgan fingerprint density at radius 3 is 2.33 bits per heavy atom. The molecule has 1 N–H and O–H groups in total. The summed E-state index contributed by atoms with van der Waals surface area (Å²) < 4.78 is 2.01. The van der Waals surface area contributed by atoms with Crippen LogP contribution in [0.4, 0.5) is 10.5 Å². The number of carbonyl (C=O) groups is 3. The summed E-state index contributed by atoms with van der Waals surface area (Å²) >= 11 is 13.6. The van der Waals surface area contributed by atoms with E-state index in [1.807, 2.05) is 71.4 Å². The van der Waals surface area contributed by atoms with E-state index in [0.29, 0.717) is 22.3 Å². The van der Waals surface area contributed by atoms with Crippen molar-refractivity contribution < 1.29 is 14.4 Å². The quantitative estimate of drug-likeness (QED) is 0.206. The average Bonchev–Trinajstić information content (AvgIpc) is 3.42. The van der Waals surface area contributed by atoms with Crippen LogP contribution >= 0.6 is 35.0 Å². The molecular weight excluding hydrogens is 565 g/mol. The molecule has 0 bridgehead atoms. The molecule has 9 heteroatoms. The summed E-state index contributed by atoms with van der Waals surface area (Å²) in [5.74, 6) is -0.956. The van der Waals surface area contributed by atoms with E-state index in [4.69, 9.17) is 23.2 Å². The van der Waals surface area contributed by atoms with E-state index in [1.54, 1.807) is 30.3 Å². The Morgan fingerprint density at radius 1 is 0.850 bits per heavy atom. The standard InChI is InChI=1S/C31H21Cl2N3O3S/c32-24-11-6-12-25(33)23(24)17-35-16-20(22-10-3-4-14-27(22)35)15-28-30(38)36(31(39)40-28)18-29(37)34-26-13-5-8-19-7-1-2-9-21(19)26/h1-16H,17-18H2,(H,34,37)/b28-15-. The number of fused-ring (bicyclic) bond motifs is 2. The molecule has 0 aliphatic carbocycles. The van der Waals surface area contributed by atoms with E-state index in [1.165, 1.54) is 0 Å². The van der Waals surface area contributed by atoms with Crippen LogP contribution in [0, 0.1) is 0 Å². The Morgan fingerprint density at radius 2 is 1.52 bits per heavy atom. The molecule has 4 aromatic carbocycles. The molecule has 1 fully saturated rings. The number of hydrogen-bond donors (Lipinski definition) is 1. The third kappa shape index (κ3) is 4.99. The number of thioether (sulfide) groups is 1. The van der Waals surface area contributed by atoms with Crippen LogP contribution < -0.4 is 5.32 Å². The van der Waals surface area contributed by atoms with Gasteiger partial charge in [0.25, 0.3) is 11.1 Å². The summed E-state index contributed by atoms with van der Waals surface area (Å²) in [5.41, 5.74) is 3.11. The van der Waals surface area contributed by atoms with E-state index in [-0.39, 0.29) is 11.4 Å². The summed E-state index contributed by atoms with van der Waals surface area (Å²) in [6.45, 7) is 0.0562. The van der Waals surface area contributed by atoms with Crippen LogP contribution in [0.5, 0.6) is 0 Å². The molecule has 40 heavy (non-hydrogen) atoms. The predicted molar refractivity (Wildman–Crippen MR) is 163 cm³/mol. The SMILES string of the molecule is O=C(CN1C(=O)S/C(=C\c2cn(Cc3c(Cl)cccc3Cl)c3ccccc23)C1=O)Nc1cccc2ccccc12. The minimum Gasteiger partial charge on any atom is -0.342 e. The molecule has 198 valence electrons. The van der Waals surface area contributed by atoms with Gasteiger partial charge in [-0.15, -0.1) is 0 Å². The third-order valence-corrected chi connectivity index (χ3v) is 8.35. The van der Waals surface area contributed by atoms with Crippen molar-refractivity contribution in [3.05, 3.63) is 117 Å². The van der Waals surface area contributed by atoms with Crippen molar-refractivity contribution in [2.24, 2.45) is 0 Å². The van der Waals surface area contributed by atoms with Gasteiger partial charge in [0, 0.05) is 49.3 Å². The Bertz CT molecular complexity index is 1840. The molecule has 3 amide bonds. The Hall–Kier alpha value is -4.04. The van der Waals surface area contributed by atoms with Gasteiger partial charge in [0.05, 0.1) is 11.4 Å². The van der Waals surface area contributed by atoms with E-state index in [9.17, 15) is 14.4 Å². The number of anilines is 1. The smallest absolute Gasteiger partial charge is 0.294 e. The predicted octanol–water partition coefficient (Wildman–Crippen LogP) is 7.82.